The Morgan fingerprint density at radius 3 is 2.25 bits per heavy atom. The Bertz CT molecular complexity index is 178. The third-order valence-electron chi connectivity index (χ3n) is 4.85. The van der Waals surface area contributed by atoms with Crippen LogP contribution in [0.4, 0.5) is 0 Å². The van der Waals surface area contributed by atoms with E-state index in [0.29, 0.717) is 0 Å². The first-order valence-corrected chi connectivity index (χ1v) is 7.59. The normalized spacial score (nSPS) is 26.1. The van der Waals surface area contributed by atoms with Gasteiger partial charge in [-0.2, -0.15) is 0 Å². The molecule has 0 aromatic heterocycles. The van der Waals surface area contributed by atoms with Crippen LogP contribution in [0.5, 0.6) is 0 Å². The lowest BCUT2D eigenvalue weighted by Gasteiger charge is -2.24. The maximum atomic E-state index is 3.77. The summed E-state index contributed by atoms with van der Waals surface area (Å²) in [6.45, 7) is 3.67. The van der Waals surface area contributed by atoms with E-state index in [-0.39, 0.29) is 0 Å². The fourth-order valence-electron chi connectivity index (χ4n) is 3.61. The minimum Gasteiger partial charge on any atom is -0.314 e. The number of hydrogen-bond acceptors (Lipinski definition) is 1. The Morgan fingerprint density at radius 1 is 0.938 bits per heavy atom. The summed E-state index contributed by atoms with van der Waals surface area (Å²) in [7, 11) is 0. The molecule has 1 N–H and O–H groups in total. The van der Waals surface area contributed by atoms with E-state index in [1.54, 1.807) is 0 Å². The molecule has 0 spiro atoms. The van der Waals surface area contributed by atoms with Gasteiger partial charge in [-0.1, -0.05) is 44.9 Å². The lowest BCUT2D eigenvalue weighted by atomic mass is 9.87. The van der Waals surface area contributed by atoms with Gasteiger partial charge in [-0.25, -0.2) is 0 Å². The zero-order chi connectivity index (χ0) is 11.2. The van der Waals surface area contributed by atoms with Crippen LogP contribution in [0.1, 0.15) is 71.1 Å². The molecule has 0 aliphatic heterocycles. The Balaban J connectivity index is 1.56. The van der Waals surface area contributed by atoms with E-state index in [4.69, 9.17) is 0 Å². The summed E-state index contributed by atoms with van der Waals surface area (Å²) in [6, 6.07) is 0.770. The van der Waals surface area contributed by atoms with Gasteiger partial charge in [0.25, 0.3) is 0 Å². The molecular weight excluding hydrogens is 194 g/mol. The van der Waals surface area contributed by atoms with Gasteiger partial charge in [0, 0.05) is 6.04 Å². The summed E-state index contributed by atoms with van der Waals surface area (Å²) < 4.78 is 0. The van der Waals surface area contributed by atoms with Crippen molar-refractivity contribution < 1.29 is 0 Å². The zero-order valence-electron chi connectivity index (χ0n) is 11.0. The van der Waals surface area contributed by atoms with Gasteiger partial charge in [-0.3, -0.25) is 0 Å². The summed E-state index contributed by atoms with van der Waals surface area (Å²) >= 11 is 0. The molecule has 0 heterocycles. The minimum absolute atomic E-state index is 0.770. The second-order valence-corrected chi connectivity index (χ2v) is 6.08. The van der Waals surface area contributed by atoms with Gasteiger partial charge < -0.3 is 5.32 Å². The van der Waals surface area contributed by atoms with Crippen molar-refractivity contribution in [2.75, 3.05) is 6.54 Å². The quantitative estimate of drug-likeness (QED) is 0.739. The molecule has 2 aliphatic rings. The van der Waals surface area contributed by atoms with Crippen LogP contribution in [0, 0.1) is 11.8 Å². The fraction of sp³-hybridized carbons (Fsp3) is 1.00. The molecule has 94 valence electrons. The van der Waals surface area contributed by atoms with Gasteiger partial charge in [-0.05, 0) is 44.6 Å². The predicted molar refractivity (Wildman–Crippen MR) is 70.6 cm³/mol. The third-order valence-corrected chi connectivity index (χ3v) is 4.85. The molecule has 2 saturated carbocycles. The summed E-state index contributed by atoms with van der Waals surface area (Å²) in [5.41, 5.74) is 0. The molecule has 0 aromatic carbocycles. The van der Waals surface area contributed by atoms with Gasteiger partial charge in [-0.15, -0.1) is 0 Å². The average molecular weight is 223 g/mol. The molecule has 0 saturated heterocycles. The summed E-state index contributed by atoms with van der Waals surface area (Å²) in [5, 5.41) is 3.77. The Labute approximate surface area is 101 Å². The molecule has 0 radical (unpaired) electrons. The molecule has 0 amide bonds. The molecule has 2 fully saturated rings. The van der Waals surface area contributed by atoms with Crippen LogP contribution in [-0.4, -0.2) is 12.6 Å². The molecule has 2 aliphatic carbocycles. The lowest BCUT2D eigenvalue weighted by Crippen LogP contribution is -2.33. The highest BCUT2D eigenvalue weighted by atomic mass is 14.9. The van der Waals surface area contributed by atoms with E-state index in [2.05, 4.69) is 12.2 Å². The molecule has 1 unspecified atom stereocenters. The van der Waals surface area contributed by atoms with Gasteiger partial charge >= 0.3 is 0 Å². The van der Waals surface area contributed by atoms with E-state index < -0.39 is 0 Å². The van der Waals surface area contributed by atoms with Crippen molar-refractivity contribution in [2.24, 2.45) is 11.8 Å². The summed E-state index contributed by atoms with van der Waals surface area (Å²) in [6.07, 6.45) is 14.8. The third kappa shape index (κ3) is 3.76. The van der Waals surface area contributed by atoms with E-state index in [1.165, 1.54) is 70.8 Å². The maximum absolute atomic E-state index is 3.77. The molecule has 1 atom stereocenters. The van der Waals surface area contributed by atoms with Crippen molar-refractivity contribution >= 4 is 0 Å². The molecule has 16 heavy (non-hydrogen) atoms. The van der Waals surface area contributed by atoms with Crippen LogP contribution in [-0.2, 0) is 0 Å². The van der Waals surface area contributed by atoms with Crippen molar-refractivity contribution in [3.63, 3.8) is 0 Å². The Kier molecular flexibility index (Phi) is 5.15. The standard InChI is InChI=1S/C15H29N/c1-13(15-9-5-6-10-15)16-12-11-14-7-3-2-4-8-14/h13-16H,2-12H2,1H3. The first-order chi connectivity index (χ1) is 7.86. The van der Waals surface area contributed by atoms with Crippen LogP contribution >= 0.6 is 0 Å². The van der Waals surface area contributed by atoms with Crippen LogP contribution in [0.2, 0.25) is 0 Å². The van der Waals surface area contributed by atoms with E-state index in [1.807, 2.05) is 0 Å². The Morgan fingerprint density at radius 2 is 1.56 bits per heavy atom. The van der Waals surface area contributed by atoms with Gasteiger partial charge in [0.2, 0.25) is 0 Å². The van der Waals surface area contributed by atoms with Gasteiger partial charge in [0.1, 0.15) is 0 Å². The first-order valence-electron chi connectivity index (χ1n) is 7.59. The molecule has 1 nitrogen and oxygen atoms in total. The second kappa shape index (κ2) is 6.64. The van der Waals surface area contributed by atoms with Gasteiger partial charge in [0.15, 0.2) is 0 Å². The fourth-order valence-corrected chi connectivity index (χ4v) is 3.61. The molecular formula is C15H29N. The van der Waals surface area contributed by atoms with Crippen molar-refractivity contribution in [3.05, 3.63) is 0 Å². The zero-order valence-corrected chi connectivity index (χ0v) is 11.0. The summed E-state index contributed by atoms with van der Waals surface area (Å²) in [5.74, 6) is 2.02. The monoisotopic (exact) mass is 223 g/mol. The molecule has 2 rings (SSSR count). The van der Waals surface area contributed by atoms with Crippen molar-refractivity contribution in [2.45, 2.75) is 77.2 Å². The van der Waals surface area contributed by atoms with Crippen LogP contribution < -0.4 is 5.32 Å². The highest BCUT2D eigenvalue weighted by molar-refractivity contribution is 4.77. The average Bonchev–Trinajstić information content (AvgIpc) is 2.84. The summed E-state index contributed by atoms with van der Waals surface area (Å²) in [4.78, 5) is 0. The van der Waals surface area contributed by atoms with Crippen molar-refractivity contribution in [3.8, 4) is 0 Å². The van der Waals surface area contributed by atoms with Crippen LogP contribution in [0.15, 0.2) is 0 Å². The molecule has 1 heteroatoms. The number of nitrogens with one attached hydrogen (secondary N) is 1. The maximum Gasteiger partial charge on any atom is 0.00669 e. The van der Waals surface area contributed by atoms with E-state index in [9.17, 15) is 0 Å². The Hall–Kier alpha value is -0.0400. The van der Waals surface area contributed by atoms with Crippen LogP contribution in [0.3, 0.4) is 0 Å². The highest BCUT2D eigenvalue weighted by Gasteiger charge is 2.21. The molecule has 0 aromatic rings. The number of hydrogen-bond donors (Lipinski definition) is 1. The second-order valence-electron chi connectivity index (χ2n) is 6.08. The van der Waals surface area contributed by atoms with Crippen LogP contribution in [0.25, 0.3) is 0 Å². The van der Waals surface area contributed by atoms with Gasteiger partial charge in [0.05, 0.1) is 0 Å². The lowest BCUT2D eigenvalue weighted by molar-refractivity contribution is 0.313. The van der Waals surface area contributed by atoms with Crippen molar-refractivity contribution in [1.82, 2.24) is 5.32 Å². The van der Waals surface area contributed by atoms with E-state index >= 15 is 0 Å². The topological polar surface area (TPSA) is 12.0 Å². The minimum atomic E-state index is 0.770. The predicted octanol–water partition coefficient (Wildman–Crippen LogP) is 4.13. The van der Waals surface area contributed by atoms with E-state index in [0.717, 1.165) is 17.9 Å². The largest absolute Gasteiger partial charge is 0.314 e. The molecule has 0 bridgehead atoms. The highest BCUT2D eigenvalue weighted by Crippen LogP contribution is 2.28. The SMILES string of the molecule is CC(NCCC1CCCCC1)C1CCCC1. The van der Waals surface area contributed by atoms with Crippen molar-refractivity contribution in [1.29, 1.82) is 0 Å². The smallest absolute Gasteiger partial charge is 0.00669 e. The number of rotatable bonds is 5. The first kappa shape index (κ1) is 12.4.